The lowest BCUT2D eigenvalue weighted by atomic mass is 10.3. The van der Waals surface area contributed by atoms with Crippen molar-refractivity contribution in [3.8, 4) is 0 Å². The van der Waals surface area contributed by atoms with Crippen LogP contribution in [0.5, 0.6) is 0 Å². The van der Waals surface area contributed by atoms with Crippen molar-refractivity contribution in [3.63, 3.8) is 0 Å². The van der Waals surface area contributed by atoms with Crippen molar-refractivity contribution in [1.82, 2.24) is 0 Å². The third-order valence-electron chi connectivity index (χ3n) is 1.52. The van der Waals surface area contributed by atoms with Crippen LogP contribution in [0.4, 0.5) is 5.69 Å². The van der Waals surface area contributed by atoms with Crippen LogP contribution in [-0.4, -0.2) is 7.05 Å². The van der Waals surface area contributed by atoms with Crippen molar-refractivity contribution in [2.75, 3.05) is 12.4 Å². The topological polar surface area (TPSA) is 29.1 Å². The summed E-state index contributed by atoms with van der Waals surface area (Å²) in [5.41, 5.74) is 1.66. The molecule has 0 atom stereocenters. The summed E-state index contributed by atoms with van der Waals surface area (Å²) in [6.45, 7) is 1.90. The minimum Gasteiger partial charge on any atom is -0.385 e. The molecule has 0 saturated heterocycles. The molecule has 0 aliphatic carbocycles. The predicted octanol–water partition coefficient (Wildman–Crippen LogP) is 1.40. The van der Waals surface area contributed by atoms with Crippen molar-refractivity contribution < 1.29 is 0 Å². The van der Waals surface area contributed by atoms with Crippen LogP contribution in [0, 0.1) is 6.92 Å². The molecular formula is C9H11NO. The van der Waals surface area contributed by atoms with Crippen LogP contribution in [0.1, 0.15) is 5.56 Å². The van der Waals surface area contributed by atoms with Gasteiger partial charge in [0.05, 0.1) is 5.69 Å². The van der Waals surface area contributed by atoms with Crippen LogP contribution in [-0.2, 0) is 0 Å². The number of rotatable bonds is 1. The molecule has 11 heavy (non-hydrogen) atoms. The van der Waals surface area contributed by atoms with Gasteiger partial charge >= 0.3 is 0 Å². The molecule has 0 saturated carbocycles. The first-order valence-electron chi connectivity index (χ1n) is 3.53. The summed E-state index contributed by atoms with van der Waals surface area (Å²) >= 11 is 0. The standard InChI is InChI=1S/C9H11NO/c1-7-4-3-5-8(10-2)9(11)6-7/h3-6H,1-2H3,(H,10,11). The van der Waals surface area contributed by atoms with E-state index in [1.54, 1.807) is 19.2 Å². The number of nitrogens with one attached hydrogen (secondary N) is 1. The van der Waals surface area contributed by atoms with Crippen LogP contribution in [0.3, 0.4) is 0 Å². The fraction of sp³-hybridized carbons (Fsp3) is 0.222. The maximum atomic E-state index is 11.2. The van der Waals surface area contributed by atoms with Crippen LogP contribution < -0.4 is 10.7 Å². The molecule has 0 spiro atoms. The molecule has 1 aromatic rings. The van der Waals surface area contributed by atoms with E-state index in [1.165, 1.54) is 0 Å². The van der Waals surface area contributed by atoms with Gasteiger partial charge in [-0.05, 0) is 24.6 Å². The van der Waals surface area contributed by atoms with E-state index in [2.05, 4.69) is 5.32 Å². The zero-order valence-electron chi connectivity index (χ0n) is 6.72. The Balaban J connectivity index is 3.35. The quantitative estimate of drug-likeness (QED) is 0.653. The first-order chi connectivity index (χ1) is 5.24. The van der Waals surface area contributed by atoms with Gasteiger partial charge < -0.3 is 5.32 Å². The molecule has 2 heteroatoms. The summed E-state index contributed by atoms with van der Waals surface area (Å²) in [6, 6.07) is 7.16. The molecule has 2 nitrogen and oxygen atoms in total. The van der Waals surface area contributed by atoms with Gasteiger partial charge in [-0.15, -0.1) is 0 Å². The van der Waals surface area contributed by atoms with Gasteiger partial charge in [0, 0.05) is 7.05 Å². The van der Waals surface area contributed by atoms with Crippen molar-refractivity contribution in [1.29, 1.82) is 0 Å². The molecule has 1 aromatic carbocycles. The molecule has 0 bridgehead atoms. The lowest BCUT2D eigenvalue weighted by Gasteiger charge is -1.89. The largest absolute Gasteiger partial charge is 0.385 e. The van der Waals surface area contributed by atoms with Crippen LogP contribution in [0.25, 0.3) is 0 Å². The summed E-state index contributed by atoms with van der Waals surface area (Å²) < 4.78 is 0. The SMILES string of the molecule is CNc1cccc(C)cc1=O. The van der Waals surface area contributed by atoms with Crippen LogP contribution in [0.2, 0.25) is 0 Å². The van der Waals surface area contributed by atoms with Gasteiger partial charge in [-0.1, -0.05) is 12.1 Å². The molecule has 1 rings (SSSR count). The highest BCUT2D eigenvalue weighted by atomic mass is 16.1. The monoisotopic (exact) mass is 149 g/mol. The Kier molecular flexibility index (Phi) is 2.26. The molecule has 0 amide bonds. The molecule has 0 aromatic heterocycles. The van der Waals surface area contributed by atoms with Crippen LogP contribution >= 0.6 is 0 Å². The summed E-state index contributed by atoms with van der Waals surface area (Å²) in [5.74, 6) is 0. The Bertz CT molecular complexity index is 307. The predicted molar refractivity (Wildman–Crippen MR) is 47.0 cm³/mol. The molecule has 0 aliphatic rings. The molecule has 58 valence electrons. The first kappa shape index (κ1) is 7.79. The Morgan fingerprint density at radius 2 is 2.09 bits per heavy atom. The second-order valence-corrected chi connectivity index (χ2v) is 2.44. The normalized spacial score (nSPS) is 9.27. The van der Waals surface area contributed by atoms with E-state index < -0.39 is 0 Å². The van der Waals surface area contributed by atoms with E-state index in [0.29, 0.717) is 5.69 Å². The van der Waals surface area contributed by atoms with E-state index >= 15 is 0 Å². The molecule has 0 fully saturated rings. The van der Waals surface area contributed by atoms with Crippen LogP contribution in [0.15, 0.2) is 29.1 Å². The second kappa shape index (κ2) is 3.19. The van der Waals surface area contributed by atoms with Gasteiger partial charge in [0.1, 0.15) is 0 Å². The van der Waals surface area contributed by atoms with E-state index in [0.717, 1.165) is 5.56 Å². The number of hydrogen-bond donors (Lipinski definition) is 1. The van der Waals surface area contributed by atoms with E-state index in [1.807, 2.05) is 19.1 Å². The van der Waals surface area contributed by atoms with E-state index in [4.69, 9.17) is 0 Å². The fourth-order valence-corrected chi connectivity index (χ4v) is 0.917. The maximum absolute atomic E-state index is 11.2. The van der Waals surface area contributed by atoms with Gasteiger partial charge in [-0.2, -0.15) is 0 Å². The van der Waals surface area contributed by atoms with Gasteiger partial charge in [0.25, 0.3) is 0 Å². The van der Waals surface area contributed by atoms with E-state index in [9.17, 15) is 4.79 Å². The van der Waals surface area contributed by atoms with E-state index in [-0.39, 0.29) is 5.43 Å². The summed E-state index contributed by atoms with van der Waals surface area (Å²) in [7, 11) is 1.74. The molecule has 0 aliphatic heterocycles. The van der Waals surface area contributed by atoms with Gasteiger partial charge in [0.15, 0.2) is 0 Å². The lowest BCUT2D eigenvalue weighted by Crippen LogP contribution is -2.03. The molecule has 1 N–H and O–H groups in total. The highest BCUT2D eigenvalue weighted by Gasteiger charge is 1.91. The number of hydrogen-bond acceptors (Lipinski definition) is 2. The van der Waals surface area contributed by atoms with Crippen molar-refractivity contribution >= 4 is 5.69 Å². The Hall–Kier alpha value is -1.31. The highest BCUT2D eigenvalue weighted by molar-refractivity contribution is 5.41. The Morgan fingerprint density at radius 1 is 1.36 bits per heavy atom. The Labute approximate surface area is 65.9 Å². The summed E-state index contributed by atoms with van der Waals surface area (Å²) in [6.07, 6.45) is 0. The molecule has 0 radical (unpaired) electrons. The fourth-order valence-electron chi connectivity index (χ4n) is 0.917. The Morgan fingerprint density at radius 3 is 2.73 bits per heavy atom. The average Bonchev–Trinajstić information content (AvgIpc) is 2.11. The van der Waals surface area contributed by atoms with Crippen molar-refractivity contribution in [2.45, 2.75) is 6.92 Å². The van der Waals surface area contributed by atoms with Gasteiger partial charge in [-0.25, -0.2) is 0 Å². The third-order valence-corrected chi connectivity index (χ3v) is 1.52. The zero-order valence-corrected chi connectivity index (χ0v) is 6.72. The first-order valence-corrected chi connectivity index (χ1v) is 3.53. The minimum atomic E-state index is 0.0370. The zero-order chi connectivity index (χ0) is 8.27. The third kappa shape index (κ3) is 1.80. The minimum absolute atomic E-state index is 0.0370. The smallest absolute Gasteiger partial charge is 0.201 e. The number of anilines is 1. The molecule has 0 heterocycles. The highest BCUT2D eigenvalue weighted by Crippen LogP contribution is 1.97. The van der Waals surface area contributed by atoms with Gasteiger partial charge in [-0.3, -0.25) is 4.79 Å². The van der Waals surface area contributed by atoms with Crippen molar-refractivity contribution in [3.05, 3.63) is 40.1 Å². The van der Waals surface area contributed by atoms with Crippen molar-refractivity contribution in [2.24, 2.45) is 0 Å². The maximum Gasteiger partial charge on any atom is 0.201 e. The molecular weight excluding hydrogens is 138 g/mol. The lowest BCUT2D eigenvalue weighted by molar-refractivity contribution is 1.46. The second-order valence-electron chi connectivity index (χ2n) is 2.44. The number of aryl methyl sites for hydroxylation is 1. The summed E-state index contributed by atoms with van der Waals surface area (Å²) in [5, 5.41) is 2.83. The average molecular weight is 149 g/mol. The van der Waals surface area contributed by atoms with Gasteiger partial charge in [0.2, 0.25) is 5.43 Å². The molecule has 0 unspecified atom stereocenters. The summed E-state index contributed by atoms with van der Waals surface area (Å²) in [4.78, 5) is 11.2.